The molecule has 20 heavy (non-hydrogen) atoms. The van der Waals surface area contributed by atoms with Crippen molar-refractivity contribution in [1.29, 1.82) is 0 Å². The molecule has 0 bridgehead atoms. The standard InChI is InChI=1S/C15H24N2O3/c1-9-6-7-16-13(9)14(18)17-11-5-3-2-4-10(11)8-12(17)15(19)20/h9-13,16H,2-8H2,1H3,(H,19,20). The Bertz CT molecular complexity index is 412. The van der Waals surface area contributed by atoms with Crippen molar-refractivity contribution in [3.05, 3.63) is 0 Å². The van der Waals surface area contributed by atoms with E-state index in [1.807, 2.05) is 0 Å². The highest BCUT2D eigenvalue weighted by Gasteiger charge is 2.49. The van der Waals surface area contributed by atoms with Gasteiger partial charge in [0.1, 0.15) is 6.04 Å². The second-order valence-electron chi connectivity index (χ2n) is 6.64. The van der Waals surface area contributed by atoms with Crippen LogP contribution in [-0.4, -0.2) is 46.6 Å². The van der Waals surface area contributed by atoms with Crippen LogP contribution in [0.5, 0.6) is 0 Å². The van der Waals surface area contributed by atoms with Gasteiger partial charge in [0.05, 0.1) is 6.04 Å². The summed E-state index contributed by atoms with van der Waals surface area (Å²) < 4.78 is 0. The molecule has 0 aromatic heterocycles. The van der Waals surface area contributed by atoms with Crippen molar-refractivity contribution in [2.24, 2.45) is 11.8 Å². The summed E-state index contributed by atoms with van der Waals surface area (Å²) in [4.78, 5) is 26.1. The first-order valence-electron chi connectivity index (χ1n) is 7.88. The van der Waals surface area contributed by atoms with Crippen molar-refractivity contribution < 1.29 is 14.7 Å². The molecule has 5 unspecified atom stereocenters. The number of carboxylic acids is 1. The minimum Gasteiger partial charge on any atom is -0.480 e. The number of carbonyl (C=O) groups excluding carboxylic acids is 1. The highest BCUT2D eigenvalue weighted by atomic mass is 16.4. The minimum absolute atomic E-state index is 0.0248. The molecule has 2 heterocycles. The number of nitrogens with one attached hydrogen (secondary N) is 1. The summed E-state index contributed by atoms with van der Waals surface area (Å²) in [6.07, 6.45) is 5.98. The van der Waals surface area contributed by atoms with E-state index in [0.717, 1.165) is 32.2 Å². The maximum atomic E-state index is 12.8. The maximum Gasteiger partial charge on any atom is 0.326 e. The van der Waals surface area contributed by atoms with Crippen LogP contribution in [0.15, 0.2) is 0 Å². The smallest absolute Gasteiger partial charge is 0.326 e. The van der Waals surface area contributed by atoms with Crippen LogP contribution in [0.4, 0.5) is 0 Å². The number of hydrogen-bond donors (Lipinski definition) is 2. The summed E-state index contributed by atoms with van der Waals surface area (Å²) in [7, 11) is 0. The van der Waals surface area contributed by atoms with E-state index < -0.39 is 12.0 Å². The third-order valence-corrected chi connectivity index (χ3v) is 5.43. The molecule has 1 aliphatic carbocycles. The van der Waals surface area contributed by atoms with E-state index in [9.17, 15) is 14.7 Å². The van der Waals surface area contributed by atoms with Crippen molar-refractivity contribution >= 4 is 11.9 Å². The Kier molecular flexibility index (Phi) is 3.71. The van der Waals surface area contributed by atoms with Crippen molar-refractivity contribution in [2.45, 2.75) is 63.6 Å². The summed E-state index contributed by atoms with van der Waals surface area (Å²) >= 11 is 0. The molecule has 5 atom stereocenters. The lowest BCUT2D eigenvalue weighted by molar-refractivity contribution is -0.151. The van der Waals surface area contributed by atoms with E-state index in [2.05, 4.69) is 12.2 Å². The minimum atomic E-state index is -0.835. The molecule has 0 radical (unpaired) electrons. The van der Waals surface area contributed by atoms with Crippen LogP contribution in [0.25, 0.3) is 0 Å². The number of nitrogens with zero attached hydrogens (tertiary/aromatic N) is 1. The number of hydrogen-bond acceptors (Lipinski definition) is 3. The van der Waals surface area contributed by atoms with E-state index in [1.54, 1.807) is 4.90 Å². The van der Waals surface area contributed by atoms with E-state index in [4.69, 9.17) is 0 Å². The highest BCUT2D eigenvalue weighted by Crippen LogP contribution is 2.40. The van der Waals surface area contributed by atoms with Gasteiger partial charge in [0, 0.05) is 6.04 Å². The number of rotatable bonds is 2. The quantitative estimate of drug-likeness (QED) is 0.798. The molecule has 0 aromatic carbocycles. The van der Waals surface area contributed by atoms with Gasteiger partial charge in [-0.3, -0.25) is 4.79 Å². The van der Waals surface area contributed by atoms with Crippen molar-refractivity contribution in [3.8, 4) is 0 Å². The van der Waals surface area contributed by atoms with Gasteiger partial charge in [0.2, 0.25) is 5.91 Å². The average molecular weight is 280 g/mol. The van der Waals surface area contributed by atoms with E-state index in [-0.39, 0.29) is 18.0 Å². The van der Waals surface area contributed by atoms with Crippen molar-refractivity contribution in [2.75, 3.05) is 6.54 Å². The zero-order valence-electron chi connectivity index (χ0n) is 12.0. The SMILES string of the molecule is CC1CCNC1C(=O)N1C(C(=O)O)CC2CCCCC21. The van der Waals surface area contributed by atoms with E-state index in [1.165, 1.54) is 6.42 Å². The third kappa shape index (κ3) is 2.22. The van der Waals surface area contributed by atoms with Gasteiger partial charge >= 0.3 is 5.97 Å². The first kappa shape index (κ1) is 13.9. The first-order chi connectivity index (χ1) is 9.59. The fraction of sp³-hybridized carbons (Fsp3) is 0.867. The molecule has 3 aliphatic rings. The molecule has 2 aliphatic heterocycles. The molecule has 5 nitrogen and oxygen atoms in total. The maximum absolute atomic E-state index is 12.8. The second-order valence-corrected chi connectivity index (χ2v) is 6.64. The third-order valence-electron chi connectivity index (χ3n) is 5.43. The zero-order chi connectivity index (χ0) is 14.3. The van der Waals surface area contributed by atoms with Gasteiger partial charge in [-0.05, 0) is 44.1 Å². The predicted molar refractivity (Wildman–Crippen MR) is 74.2 cm³/mol. The number of carbonyl (C=O) groups is 2. The molecule has 1 amide bonds. The van der Waals surface area contributed by atoms with Crippen LogP contribution >= 0.6 is 0 Å². The Balaban J connectivity index is 1.83. The van der Waals surface area contributed by atoms with E-state index in [0.29, 0.717) is 18.3 Å². The topological polar surface area (TPSA) is 69.6 Å². The van der Waals surface area contributed by atoms with Crippen LogP contribution in [0, 0.1) is 11.8 Å². The van der Waals surface area contributed by atoms with Gasteiger partial charge in [-0.15, -0.1) is 0 Å². The molecule has 0 aromatic rings. The van der Waals surface area contributed by atoms with Gasteiger partial charge in [0.15, 0.2) is 0 Å². The normalized spacial score (nSPS) is 40.6. The fourth-order valence-corrected chi connectivity index (χ4v) is 4.32. The van der Waals surface area contributed by atoms with Crippen molar-refractivity contribution in [3.63, 3.8) is 0 Å². The van der Waals surface area contributed by atoms with Crippen LogP contribution < -0.4 is 5.32 Å². The van der Waals surface area contributed by atoms with Gasteiger partial charge in [-0.2, -0.15) is 0 Å². The Labute approximate surface area is 119 Å². The predicted octanol–water partition coefficient (Wildman–Crippen LogP) is 1.23. The Morgan fingerprint density at radius 2 is 1.95 bits per heavy atom. The summed E-state index contributed by atoms with van der Waals surface area (Å²) in [6, 6.07) is -0.630. The summed E-state index contributed by atoms with van der Waals surface area (Å²) in [5.41, 5.74) is 0. The van der Waals surface area contributed by atoms with Gasteiger partial charge in [0.25, 0.3) is 0 Å². The number of carboxylic acid groups (broad SMARTS) is 1. The number of fused-ring (bicyclic) bond motifs is 1. The Morgan fingerprint density at radius 1 is 1.20 bits per heavy atom. The summed E-state index contributed by atoms with van der Waals surface area (Å²) in [6.45, 7) is 2.93. The molecule has 5 heteroatoms. The lowest BCUT2D eigenvalue weighted by Gasteiger charge is -2.35. The molecule has 112 valence electrons. The zero-order valence-corrected chi connectivity index (χ0v) is 12.0. The molecule has 2 saturated heterocycles. The Hall–Kier alpha value is -1.10. The molecule has 0 spiro atoms. The monoisotopic (exact) mass is 280 g/mol. The fourth-order valence-electron chi connectivity index (χ4n) is 4.32. The van der Waals surface area contributed by atoms with Crippen LogP contribution in [0.3, 0.4) is 0 Å². The Morgan fingerprint density at radius 3 is 2.60 bits per heavy atom. The van der Waals surface area contributed by atoms with Crippen LogP contribution in [0.2, 0.25) is 0 Å². The average Bonchev–Trinajstić information content (AvgIpc) is 3.01. The van der Waals surface area contributed by atoms with Gasteiger partial charge in [-0.25, -0.2) is 4.79 Å². The molecule has 3 rings (SSSR count). The lowest BCUT2D eigenvalue weighted by atomic mass is 9.84. The second kappa shape index (κ2) is 5.35. The summed E-state index contributed by atoms with van der Waals surface area (Å²) in [5.74, 6) is -0.111. The van der Waals surface area contributed by atoms with Crippen LogP contribution in [0.1, 0.15) is 45.4 Å². The molecular weight excluding hydrogens is 256 g/mol. The number of aliphatic carboxylic acids is 1. The van der Waals surface area contributed by atoms with E-state index >= 15 is 0 Å². The summed E-state index contributed by atoms with van der Waals surface area (Å²) in [5, 5.41) is 12.7. The highest BCUT2D eigenvalue weighted by molar-refractivity contribution is 5.88. The largest absolute Gasteiger partial charge is 0.480 e. The van der Waals surface area contributed by atoms with Gasteiger partial charge in [-0.1, -0.05) is 19.8 Å². The van der Waals surface area contributed by atoms with Crippen LogP contribution in [-0.2, 0) is 9.59 Å². The number of likely N-dealkylation sites (tertiary alicyclic amines) is 1. The number of amides is 1. The first-order valence-corrected chi connectivity index (χ1v) is 7.88. The molecule has 2 N–H and O–H groups in total. The molecular formula is C15H24N2O3. The molecule has 1 saturated carbocycles. The van der Waals surface area contributed by atoms with Gasteiger partial charge < -0.3 is 15.3 Å². The lowest BCUT2D eigenvalue weighted by Crippen LogP contribution is -2.53. The van der Waals surface area contributed by atoms with Crippen molar-refractivity contribution in [1.82, 2.24) is 10.2 Å². The molecule has 3 fully saturated rings.